The van der Waals surface area contributed by atoms with Crippen molar-refractivity contribution in [3.05, 3.63) is 35.9 Å². The van der Waals surface area contributed by atoms with Gasteiger partial charge in [0.2, 0.25) is 0 Å². The lowest BCUT2D eigenvalue weighted by Crippen LogP contribution is -2.38. The number of likely N-dealkylation sites (N-methyl/N-ethyl adjacent to an activating group) is 1. The molecule has 17 heavy (non-hydrogen) atoms. The van der Waals surface area contributed by atoms with Gasteiger partial charge in [0.25, 0.3) is 0 Å². The fourth-order valence-electron chi connectivity index (χ4n) is 1.59. The van der Waals surface area contributed by atoms with Gasteiger partial charge in [-0.1, -0.05) is 30.3 Å². The Labute approximate surface area is 103 Å². The highest BCUT2D eigenvalue weighted by molar-refractivity contribution is 5.75. The minimum absolute atomic E-state index is 0.150. The zero-order valence-corrected chi connectivity index (χ0v) is 10.8. The Morgan fingerprint density at radius 2 is 2.00 bits per heavy atom. The van der Waals surface area contributed by atoms with Crippen molar-refractivity contribution in [1.82, 2.24) is 4.90 Å². The van der Waals surface area contributed by atoms with Crippen molar-refractivity contribution in [2.75, 3.05) is 20.2 Å². The zero-order chi connectivity index (χ0) is 12.7. The summed E-state index contributed by atoms with van der Waals surface area (Å²) in [4.78, 5) is 13.6. The van der Waals surface area contributed by atoms with Crippen LogP contribution < -0.4 is 0 Å². The summed E-state index contributed by atoms with van der Waals surface area (Å²) in [5.41, 5.74) is 1.29. The molecule has 0 amide bonds. The molecule has 1 rings (SSSR count). The molecule has 3 nitrogen and oxygen atoms in total. The summed E-state index contributed by atoms with van der Waals surface area (Å²) < 4.78 is 5.00. The molecule has 1 atom stereocenters. The zero-order valence-electron chi connectivity index (χ0n) is 10.8. The van der Waals surface area contributed by atoms with Gasteiger partial charge in [-0.2, -0.15) is 0 Å². The first-order chi connectivity index (χ1) is 8.15. The Morgan fingerprint density at radius 3 is 2.59 bits per heavy atom. The number of hydrogen-bond acceptors (Lipinski definition) is 3. The Hall–Kier alpha value is -1.35. The molecular weight excluding hydrogens is 214 g/mol. The van der Waals surface area contributed by atoms with Crippen LogP contribution in [0, 0.1) is 0 Å². The lowest BCUT2D eigenvalue weighted by molar-refractivity contribution is -0.148. The molecule has 0 bridgehead atoms. The minimum atomic E-state index is -0.182. The van der Waals surface area contributed by atoms with Crippen molar-refractivity contribution in [1.29, 1.82) is 0 Å². The molecule has 0 N–H and O–H groups in total. The molecule has 0 fully saturated rings. The standard InChI is InChI=1S/C14H21NO2/c1-4-17-14(16)12(2)15(3)11-10-13-8-6-5-7-9-13/h5-9,12H,4,10-11H2,1-3H3. The summed E-state index contributed by atoms with van der Waals surface area (Å²) in [6.45, 7) is 5.00. The molecule has 94 valence electrons. The highest BCUT2D eigenvalue weighted by atomic mass is 16.5. The van der Waals surface area contributed by atoms with E-state index < -0.39 is 0 Å². The Bertz CT molecular complexity index is 337. The van der Waals surface area contributed by atoms with Gasteiger partial charge in [0.1, 0.15) is 6.04 Å². The van der Waals surface area contributed by atoms with Crippen molar-refractivity contribution < 1.29 is 9.53 Å². The Kier molecular flexibility index (Phi) is 5.70. The van der Waals surface area contributed by atoms with Gasteiger partial charge in [-0.3, -0.25) is 9.69 Å². The van der Waals surface area contributed by atoms with E-state index in [9.17, 15) is 4.79 Å². The molecule has 0 aliphatic rings. The largest absolute Gasteiger partial charge is 0.465 e. The van der Waals surface area contributed by atoms with Crippen molar-refractivity contribution in [3.63, 3.8) is 0 Å². The third-order valence-corrected chi connectivity index (χ3v) is 2.88. The fraction of sp³-hybridized carbons (Fsp3) is 0.500. The van der Waals surface area contributed by atoms with Gasteiger partial charge < -0.3 is 4.74 Å². The Balaban J connectivity index is 2.39. The van der Waals surface area contributed by atoms with Gasteiger partial charge in [-0.25, -0.2) is 0 Å². The second kappa shape index (κ2) is 7.07. The average Bonchev–Trinajstić information content (AvgIpc) is 2.36. The van der Waals surface area contributed by atoms with Crippen molar-refractivity contribution >= 4 is 5.97 Å². The van der Waals surface area contributed by atoms with Crippen LogP contribution in [0.1, 0.15) is 19.4 Å². The van der Waals surface area contributed by atoms with Crippen molar-refractivity contribution in [2.45, 2.75) is 26.3 Å². The number of ether oxygens (including phenoxy) is 1. The molecule has 0 aromatic heterocycles. The highest BCUT2D eigenvalue weighted by Crippen LogP contribution is 2.04. The number of carbonyl (C=O) groups is 1. The molecule has 3 heteroatoms. The van der Waals surface area contributed by atoms with Gasteiger partial charge in [0.05, 0.1) is 6.61 Å². The van der Waals surface area contributed by atoms with Crippen LogP contribution in [0.4, 0.5) is 0 Å². The average molecular weight is 235 g/mol. The maximum Gasteiger partial charge on any atom is 0.323 e. The molecule has 0 aliphatic carbocycles. The molecule has 0 heterocycles. The maximum atomic E-state index is 11.5. The lowest BCUT2D eigenvalue weighted by atomic mass is 10.1. The number of nitrogens with zero attached hydrogens (tertiary/aromatic N) is 1. The monoisotopic (exact) mass is 235 g/mol. The molecule has 0 aliphatic heterocycles. The van der Waals surface area contributed by atoms with Crippen LogP contribution in [-0.2, 0) is 16.0 Å². The summed E-state index contributed by atoms with van der Waals surface area (Å²) in [5, 5.41) is 0. The summed E-state index contributed by atoms with van der Waals surface area (Å²) in [6.07, 6.45) is 0.946. The molecule has 1 aromatic rings. The molecule has 1 unspecified atom stereocenters. The van der Waals surface area contributed by atoms with E-state index in [0.717, 1.165) is 13.0 Å². The number of hydrogen-bond donors (Lipinski definition) is 0. The first-order valence-electron chi connectivity index (χ1n) is 6.06. The number of rotatable bonds is 6. The minimum Gasteiger partial charge on any atom is -0.465 e. The molecule has 1 aromatic carbocycles. The van der Waals surface area contributed by atoms with Crippen LogP contribution in [0.3, 0.4) is 0 Å². The topological polar surface area (TPSA) is 29.5 Å². The van der Waals surface area contributed by atoms with E-state index in [1.807, 2.05) is 44.0 Å². The van der Waals surface area contributed by atoms with Crippen molar-refractivity contribution in [3.8, 4) is 0 Å². The van der Waals surface area contributed by atoms with Gasteiger partial charge in [0.15, 0.2) is 0 Å². The van der Waals surface area contributed by atoms with E-state index in [-0.39, 0.29) is 12.0 Å². The number of esters is 1. The normalized spacial score (nSPS) is 12.5. The second-order valence-electron chi connectivity index (χ2n) is 4.14. The smallest absolute Gasteiger partial charge is 0.323 e. The van der Waals surface area contributed by atoms with E-state index in [1.54, 1.807) is 0 Å². The quantitative estimate of drug-likeness (QED) is 0.707. The highest BCUT2D eigenvalue weighted by Gasteiger charge is 2.18. The molecule has 0 saturated heterocycles. The van der Waals surface area contributed by atoms with Gasteiger partial charge in [-0.15, -0.1) is 0 Å². The second-order valence-corrected chi connectivity index (χ2v) is 4.14. The third kappa shape index (κ3) is 4.57. The summed E-state index contributed by atoms with van der Waals surface area (Å²) in [5.74, 6) is -0.150. The van der Waals surface area contributed by atoms with Crippen LogP contribution in [0.25, 0.3) is 0 Å². The molecular formula is C14H21NO2. The Morgan fingerprint density at radius 1 is 1.35 bits per heavy atom. The third-order valence-electron chi connectivity index (χ3n) is 2.88. The summed E-state index contributed by atoms with van der Waals surface area (Å²) in [7, 11) is 1.95. The predicted molar refractivity (Wildman–Crippen MR) is 68.9 cm³/mol. The van der Waals surface area contributed by atoms with E-state index >= 15 is 0 Å². The van der Waals surface area contributed by atoms with Crippen LogP contribution >= 0.6 is 0 Å². The van der Waals surface area contributed by atoms with Gasteiger partial charge in [-0.05, 0) is 32.9 Å². The molecule has 0 spiro atoms. The van der Waals surface area contributed by atoms with E-state index in [4.69, 9.17) is 4.74 Å². The van der Waals surface area contributed by atoms with E-state index in [0.29, 0.717) is 6.61 Å². The molecule has 0 radical (unpaired) electrons. The van der Waals surface area contributed by atoms with Crippen LogP contribution in [0.2, 0.25) is 0 Å². The van der Waals surface area contributed by atoms with E-state index in [2.05, 4.69) is 12.1 Å². The molecule has 0 saturated carbocycles. The lowest BCUT2D eigenvalue weighted by Gasteiger charge is -2.22. The summed E-state index contributed by atoms with van der Waals surface area (Å²) in [6, 6.07) is 10.1. The van der Waals surface area contributed by atoms with E-state index in [1.165, 1.54) is 5.56 Å². The first kappa shape index (κ1) is 13.7. The van der Waals surface area contributed by atoms with Gasteiger partial charge in [0, 0.05) is 6.54 Å². The first-order valence-corrected chi connectivity index (χ1v) is 6.06. The van der Waals surface area contributed by atoms with Crippen LogP contribution in [0.5, 0.6) is 0 Å². The predicted octanol–water partition coefficient (Wildman–Crippen LogP) is 2.11. The summed E-state index contributed by atoms with van der Waals surface area (Å²) >= 11 is 0. The van der Waals surface area contributed by atoms with Crippen LogP contribution in [0.15, 0.2) is 30.3 Å². The SMILES string of the molecule is CCOC(=O)C(C)N(C)CCc1ccccc1. The number of benzene rings is 1. The van der Waals surface area contributed by atoms with Crippen LogP contribution in [-0.4, -0.2) is 37.1 Å². The number of carbonyl (C=O) groups excluding carboxylic acids is 1. The van der Waals surface area contributed by atoms with Gasteiger partial charge >= 0.3 is 5.97 Å². The fourth-order valence-corrected chi connectivity index (χ4v) is 1.59. The van der Waals surface area contributed by atoms with Crippen molar-refractivity contribution in [2.24, 2.45) is 0 Å². The maximum absolute atomic E-state index is 11.5.